The standard InChI is InChI=1S/C29H27P2.C5H5.Fe/c1-23(30(24-13-4-2-5-14-24)25-15-6-3-7-16-25)28-21-12-22-29(28)31(26-17-8-9-18-26)27-19-10-11-20-27;1-2-4-5-3-1;/h2-23,26-27H,1H3;1-5H;/q;;+2/t23-;;/m1../s1. The molecule has 2 fully saturated rings. The van der Waals surface area contributed by atoms with Gasteiger partial charge < -0.3 is 0 Å². The van der Waals surface area contributed by atoms with E-state index in [1.807, 2.05) is 32.1 Å². The summed E-state index contributed by atoms with van der Waals surface area (Å²) in [6.45, 7) is 2.44. The van der Waals surface area contributed by atoms with Gasteiger partial charge in [-0.3, -0.25) is 0 Å². The number of hydrogen-bond donors (Lipinski definition) is 0. The van der Waals surface area contributed by atoms with E-state index in [2.05, 4.69) is 135 Å². The fraction of sp³-hybridized carbons (Fsp3) is 0.118. The number of benzene rings is 2. The van der Waals surface area contributed by atoms with Gasteiger partial charge in [-0.05, 0) is 81.5 Å². The van der Waals surface area contributed by atoms with E-state index < -0.39 is 7.92 Å². The summed E-state index contributed by atoms with van der Waals surface area (Å²) in [7, 11) is -0.863. The molecule has 0 bridgehead atoms. The van der Waals surface area contributed by atoms with Gasteiger partial charge >= 0.3 is 17.1 Å². The smallest absolute Gasteiger partial charge is 0.0764 e. The molecule has 1 atom stereocenters. The fourth-order valence-electron chi connectivity index (χ4n) is 4.98. The van der Waals surface area contributed by atoms with Gasteiger partial charge in [-0.15, -0.1) is 0 Å². The van der Waals surface area contributed by atoms with Crippen LogP contribution in [0.4, 0.5) is 0 Å². The SMILES string of the molecule is C[C@H]([C]1[CH][CH][CH][C]1P(C1C=CC=C1)C1C=CC=C1)P(c1ccccc1)c1ccccc1.[CH]1[CH][CH][CH][CH]1.[Fe+2]. The third-order valence-corrected chi connectivity index (χ3v) is 12.4. The average Bonchev–Trinajstić information content (AvgIpc) is 3.75. The second-order valence-electron chi connectivity index (χ2n) is 8.97. The zero-order valence-corrected chi connectivity index (χ0v) is 23.9. The first-order chi connectivity index (χ1) is 17.8. The van der Waals surface area contributed by atoms with Crippen LogP contribution in [0.3, 0.4) is 0 Å². The first-order valence-electron chi connectivity index (χ1n) is 12.6. The second-order valence-corrected chi connectivity index (χ2v) is 14.0. The molecule has 2 aromatic carbocycles. The van der Waals surface area contributed by atoms with Crippen molar-refractivity contribution in [3.8, 4) is 0 Å². The molecule has 2 saturated carbocycles. The molecule has 0 saturated heterocycles. The monoisotopic (exact) mass is 558 g/mol. The molecule has 0 N–H and O–H groups in total. The first kappa shape index (κ1) is 28.8. The van der Waals surface area contributed by atoms with Crippen LogP contribution in [0.25, 0.3) is 0 Å². The molecule has 0 unspecified atom stereocenters. The Morgan fingerprint density at radius 1 is 0.568 bits per heavy atom. The molecule has 4 aliphatic rings. The molecule has 0 nitrogen and oxygen atoms in total. The summed E-state index contributed by atoms with van der Waals surface area (Å²) in [5.74, 6) is 1.53. The van der Waals surface area contributed by atoms with Crippen molar-refractivity contribution < 1.29 is 17.1 Å². The van der Waals surface area contributed by atoms with Gasteiger partial charge in [0.2, 0.25) is 0 Å². The Labute approximate surface area is 238 Å². The van der Waals surface area contributed by atoms with Crippen molar-refractivity contribution >= 4 is 26.5 Å². The van der Waals surface area contributed by atoms with E-state index in [1.165, 1.54) is 16.5 Å². The van der Waals surface area contributed by atoms with Gasteiger partial charge in [-0.2, -0.15) is 0 Å². The number of hydrogen-bond acceptors (Lipinski definition) is 0. The van der Waals surface area contributed by atoms with Crippen molar-refractivity contribution in [2.75, 3.05) is 0 Å². The fourth-order valence-corrected chi connectivity index (χ4v) is 10.8. The molecular weight excluding hydrogens is 526 g/mol. The Hall–Kier alpha value is -1.22. The van der Waals surface area contributed by atoms with Gasteiger partial charge in [0, 0.05) is 17.0 Å². The van der Waals surface area contributed by atoms with Crippen molar-refractivity contribution in [1.82, 2.24) is 0 Å². The summed E-state index contributed by atoms with van der Waals surface area (Å²) in [6.07, 6.45) is 35.5. The Kier molecular flexibility index (Phi) is 11.5. The Morgan fingerprint density at radius 2 is 1.00 bits per heavy atom. The molecular formula is C34H32FeP2+2. The van der Waals surface area contributed by atoms with Gasteiger partial charge in [-0.25, -0.2) is 0 Å². The quantitative estimate of drug-likeness (QED) is 0.241. The van der Waals surface area contributed by atoms with Crippen LogP contribution >= 0.6 is 15.8 Å². The molecule has 4 aliphatic carbocycles. The van der Waals surface area contributed by atoms with Crippen molar-refractivity contribution in [3.63, 3.8) is 0 Å². The molecule has 2 aromatic rings. The van der Waals surface area contributed by atoms with Crippen LogP contribution in [0.2, 0.25) is 0 Å². The van der Waals surface area contributed by atoms with Gasteiger partial charge in [-0.1, -0.05) is 124 Å². The summed E-state index contributed by atoms with van der Waals surface area (Å²) in [6, 6.07) is 22.2. The number of allylic oxidation sites excluding steroid dienone is 8. The molecule has 0 heterocycles. The Balaban J connectivity index is 0.000000479. The van der Waals surface area contributed by atoms with Crippen LogP contribution in [-0.4, -0.2) is 17.0 Å². The van der Waals surface area contributed by atoms with E-state index in [1.54, 1.807) is 5.66 Å². The summed E-state index contributed by atoms with van der Waals surface area (Å²) >= 11 is 0. The first-order valence-corrected chi connectivity index (χ1v) is 15.5. The largest absolute Gasteiger partial charge is 2.00 e. The zero-order chi connectivity index (χ0) is 24.6. The van der Waals surface area contributed by atoms with E-state index in [9.17, 15) is 0 Å². The summed E-state index contributed by atoms with van der Waals surface area (Å²) in [5.41, 5.74) is 3.06. The zero-order valence-electron chi connectivity index (χ0n) is 21.0. The number of rotatable bonds is 7. The molecule has 0 amide bonds. The van der Waals surface area contributed by atoms with Gasteiger partial charge in [0.1, 0.15) is 0 Å². The summed E-state index contributed by atoms with van der Waals surface area (Å²) in [4.78, 5) is 0. The third-order valence-electron chi connectivity index (χ3n) is 6.66. The average molecular weight is 558 g/mol. The summed E-state index contributed by atoms with van der Waals surface area (Å²) < 4.78 is 0. The van der Waals surface area contributed by atoms with Crippen LogP contribution in [-0.2, 0) is 17.1 Å². The van der Waals surface area contributed by atoms with E-state index in [4.69, 9.17) is 0 Å². The van der Waals surface area contributed by atoms with Crippen molar-refractivity contribution in [2.24, 2.45) is 0 Å². The van der Waals surface area contributed by atoms with E-state index in [0.29, 0.717) is 17.0 Å². The van der Waals surface area contributed by atoms with E-state index in [0.717, 1.165) is 0 Å². The Bertz CT molecular complexity index is 955. The molecule has 0 aromatic heterocycles. The topological polar surface area (TPSA) is 0 Å². The second kappa shape index (κ2) is 14.8. The van der Waals surface area contributed by atoms with Gasteiger partial charge in [0.25, 0.3) is 0 Å². The molecule has 184 valence electrons. The van der Waals surface area contributed by atoms with Crippen molar-refractivity contribution in [2.45, 2.75) is 23.9 Å². The Morgan fingerprint density at radius 3 is 1.43 bits per heavy atom. The van der Waals surface area contributed by atoms with Crippen LogP contribution in [0.1, 0.15) is 6.92 Å². The third kappa shape index (κ3) is 7.25. The maximum atomic E-state index is 2.44. The maximum Gasteiger partial charge on any atom is 2.00 e. The van der Waals surface area contributed by atoms with Gasteiger partial charge in [0.05, 0.1) is 0 Å². The van der Waals surface area contributed by atoms with Crippen molar-refractivity contribution in [1.29, 1.82) is 0 Å². The predicted octanol–water partition coefficient (Wildman–Crippen LogP) is 7.73. The van der Waals surface area contributed by atoms with E-state index in [-0.39, 0.29) is 25.0 Å². The van der Waals surface area contributed by atoms with Crippen LogP contribution in [0, 0.1) is 62.9 Å². The maximum absolute atomic E-state index is 2.44. The van der Waals surface area contributed by atoms with E-state index >= 15 is 0 Å². The molecule has 10 radical (unpaired) electrons. The molecule has 0 aliphatic heterocycles. The van der Waals surface area contributed by atoms with Gasteiger partial charge in [0.15, 0.2) is 0 Å². The normalized spacial score (nSPS) is 20.6. The van der Waals surface area contributed by atoms with Crippen molar-refractivity contribution in [3.05, 3.63) is 172 Å². The minimum atomic E-state index is -0.490. The molecule has 0 spiro atoms. The molecule has 37 heavy (non-hydrogen) atoms. The van der Waals surface area contributed by atoms with Crippen LogP contribution in [0.15, 0.2) is 109 Å². The molecule has 6 rings (SSSR count). The minimum absolute atomic E-state index is 0. The minimum Gasteiger partial charge on any atom is -0.0764 e. The molecule has 3 heteroatoms. The summed E-state index contributed by atoms with van der Waals surface area (Å²) in [5, 5.41) is 2.91. The van der Waals surface area contributed by atoms with Crippen LogP contribution in [0.5, 0.6) is 0 Å². The predicted molar refractivity (Wildman–Crippen MR) is 160 cm³/mol. The van der Waals surface area contributed by atoms with Crippen LogP contribution < -0.4 is 10.6 Å².